The first kappa shape index (κ1) is 22.4. The van der Waals surface area contributed by atoms with Crippen LogP contribution in [0.2, 0.25) is 0 Å². The van der Waals surface area contributed by atoms with Crippen molar-refractivity contribution in [1.82, 2.24) is 14.9 Å². The van der Waals surface area contributed by atoms with Gasteiger partial charge < -0.3 is 19.4 Å². The van der Waals surface area contributed by atoms with Gasteiger partial charge in [0.15, 0.2) is 5.82 Å². The van der Waals surface area contributed by atoms with E-state index in [1.165, 1.54) is 18.7 Å². The predicted molar refractivity (Wildman–Crippen MR) is 148 cm³/mol. The van der Waals surface area contributed by atoms with Crippen LogP contribution in [0.5, 0.6) is 0 Å². The molecular weight excluding hydrogens is 468 g/mol. The number of rotatable bonds is 4. The summed E-state index contributed by atoms with van der Waals surface area (Å²) in [5, 5.41) is 1.10. The summed E-state index contributed by atoms with van der Waals surface area (Å²) in [6.45, 7) is 4.50. The number of aromatic nitrogens is 2. The fourth-order valence-corrected chi connectivity index (χ4v) is 7.47. The zero-order valence-corrected chi connectivity index (χ0v) is 21.9. The Hall–Kier alpha value is -2.84. The van der Waals surface area contributed by atoms with E-state index >= 15 is 0 Å². The lowest BCUT2D eigenvalue weighted by atomic mass is 9.64. The smallest absolute Gasteiger partial charge is 0.237 e. The van der Waals surface area contributed by atoms with Gasteiger partial charge in [-0.25, -0.2) is 4.98 Å². The Kier molecular flexibility index (Phi) is 5.02. The minimum atomic E-state index is -0.362. The molecule has 4 aliphatic rings. The number of carbonyl (C=O) groups is 1. The molecule has 1 saturated carbocycles. The summed E-state index contributed by atoms with van der Waals surface area (Å²) in [6.07, 6.45) is 8.90. The fourth-order valence-electron chi connectivity index (χ4n) is 7.10. The van der Waals surface area contributed by atoms with Crippen LogP contribution in [0.15, 0.2) is 36.7 Å². The maximum absolute atomic E-state index is 13.2. The number of amides is 1. The maximum atomic E-state index is 13.2. The molecule has 5 heterocycles. The number of hydrogen-bond acceptors (Lipinski definition) is 7. The third-order valence-corrected chi connectivity index (χ3v) is 9.41. The molecule has 0 bridgehead atoms. The Bertz CT molecular complexity index is 1370. The van der Waals surface area contributed by atoms with Crippen LogP contribution >= 0.6 is 11.9 Å². The summed E-state index contributed by atoms with van der Waals surface area (Å²) in [6, 6.07) is 8.68. The van der Waals surface area contributed by atoms with Gasteiger partial charge in [0.1, 0.15) is 0 Å². The van der Waals surface area contributed by atoms with E-state index in [2.05, 4.69) is 52.1 Å². The van der Waals surface area contributed by atoms with Gasteiger partial charge in [0.2, 0.25) is 5.91 Å². The Balaban J connectivity index is 1.28. The molecule has 1 N–H and O–H groups in total. The minimum absolute atomic E-state index is 0.225. The number of benzene rings is 1. The molecule has 186 valence electrons. The van der Waals surface area contributed by atoms with Crippen LogP contribution < -0.4 is 14.5 Å². The molecule has 1 aliphatic carbocycles. The van der Waals surface area contributed by atoms with Crippen LogP contribution in [0.4, 0.5) is 17.2 Å². The molecule has 2 unspecified atom stereocenters. The highest BCUT2D eigenvalue weighted by molar-refractivity contribution is 7.99. The first-order chi connectivity index (χ1) is 17.5. The van der Waals surface area contributed by atoms with E-state index in [9.17, 15) is 4.79 Å². The maximum Gasteiger partial charge on any atom is 0.237 e. The molecule has 1 spiro atoms. The van der Waals surface area contributed by atoms with Crippen molar-refractivity contribution in [3.8, 4) is 11.1 Å². The van der Waals surface area contributed by atoms with E-state index in [1.807, 2.05) is 24.3 Å². The minimum Gasteiger partial charge on any atom is -0.354 e. The summed E-state index contributed by atoms with van der Waals surface area (Å²) >= 11 is 1.61. The van der Waals surface area contributed by atoms with E-state index in [-0.39, 0.29) is 11.3 Å². The fraction of sp³-hybridized carbons (Fsp3) is 0.464. The number of likely N-dealkylation sites (N-methyl/N-ethyl adjacent to an activating group) is 1. The number of anilines is 3. The van der Waals surface area contributed by atoms with Crippen molar-refractivity contribution in [2.75, 3.05) is 61.1 Å². The van der Waals surface area contributed by atoms with Gasteiger partial charge in [0, 0.05) is 62.2 Å². The average Bonchev–Trinajstić information content (AvgIpc) is 3.47. The lowest BCUT2D eigenvalue weighted by Crippen LogP contribution is -2.43. The van der Waals surface area contributed by atoms with E-state index in [1.54, 1.807) is 11.9 Å². The molecule has 8 heteroatoms. The monoisotopic (exact) mass is 500 g/mol. The number of nitrogens with zero attached hydrogens (tertiary/aromatic N) is 5. The number of hydrogen-bond donors (Lipinski definition) is 1. The van der Waals surface area contributed by atoms with Crippen molar-refractivity contribution >= 4 is 46.0 Å². The lowest BCUT2D eigenvalue weighted by Gasteiger charge is -2.37. The zero-order chi connectivity index (χ0) is 24.6. The molecule has 3 aromatic rings. The Morgan fingerprint density at radius 1 is 1.00 bits per heavy atom. The number of carbonyl (C=O) groups excluding carboxylic acids is 1. The molecule has 2 saturated heterocycles. The Morgan fingerprint density at radius 2 is 1.78 bits per heavy atom. The van der Waals surface area contributed by atoms with E-state index in [0.29, 0.717) is 0 Å². The number of likely N-dealkylation sites (tertiary alicyclic amines) is 1. The number of fused-ring (bicyclic) bond motifs is 5. The highest BCUT2D eigenvalue weighted by Gasteiger charge is 2.54. The molecule has 1 amide bonds. The van der Waals surface area contributed by atoms with Crippen LogP contribution in [-0.4, -0.2) is 67.3 Å². The van der Waals surface area contributed by atoms with Gasteiger partial charge in [-0.3, -0.25) is 9.78 Å². The first-order valence-corrected chi connectivity index (χ1v) is 14.2. The van der Waals surface area contributed by atoms with Gasteiger partial charge in [-0.2, -0.15) is 0 Å². The largest absolute Gasteiger partial charge is 0.354 e. The average molecular weight is 501 g/mol. The van der Waals surface area contributed by atoms with Gasteiger partial charge in [-0.05, 0) is 55.5 Å². The van der Waals surface area contributed by atoms with Crippen LogP contribution in [0.1, 0.15) is 24.8 Å². The molecule has 7 rings (SSSR count). The zero-order valence-electron chi connectivity index (χ0n) is 21.1. The second-order valence-electron chi connectivity index (χ2n) is 11.1. The summed E-state index contributed by atoms with van der Waals surface area (Å²) in [7, 11) is 4.12. The van der Waals surface area contributed by atoms with Crippen molar-refractivity contribution in [2.45, 2.75) is 24.7 Å². The third kappa shape index (κ3) is 3.13. The number of pyridine rings is 2. The van der Waals surface area contributed by atoms with Crippen LogP contribution in [0, 0.1) is 11.8 Å². The van der Waals surface area contributed by atoms with Gasteiger partial charge in [0.25, 0.3) is 0 Å². The van der Waals surface area contributed by atoms with Crippen molar-refractivity contribution in [1.29, 1.82) is 0 Å². The van der Waals surface area contributed by atoms with Gasteiger partial charge >= 0.3 is 0 Å². The van der Waals surface area contributed by atoms with Crippen molar-refractivity contribution in [3.05, 3.63) is 42.2 Å². The van der Waals surface area contributed by atoms with Crippen molar-refractivity contribution in [2.24, 2.45) is 11.8 Å². The van der Waals surface area contributed by atoms with E-state index in [4.69, 9.17) is 9.97 Å². The molecule has 3 aliphatic heterocycles. The van der Waals surface area contributed by atoms with Gasteiger partial charge in [-0.1, -0.05) is 24.4 Å². The summed E-state index contributed by atoms with van der Waals surface area (Å²) in [5.41, 5.74) is 5.98. The topological polar surface area (TPSA) is 64.6 Å². The van der Waals surface area contributed by atoms with Crippen LogP contribution in [0.3, 0.4) is 0 Å². The SMILES string of the molecule is CSNc1cc(-c2ccc3ncc4c(c3c2)C2(CCC2)C(=O)N4C)cnc1N1CC2CN(C)CC2C1. The third-order valence-electron chi connectivity index (χ3n) is 8.99. The number of nitrogens with one attached hydrogen (secondary N) is 1. The molecule has 2 aromatic heterocycles. The molecular formula is C28H32N6OS. The lowest BCUT2D eigenvalue weighted by molar-refractivity contribution is -0.125. The van der Waals surface area contributed by atoms with Crippen LogP contribution in [-0.2, 0) is 10.2 Å². The second kappa shape index (κ2) is 8.08. The predicted octanol–water partition coefficient (Wildman–Crippen LogP) is 4.38. The summed E-state index contributed by atoms with van der Waals surface area (Å²) in [4.78, 5) is 29.6. The normalized spacial score (nSPS) is 24.5. The molecule has 1 aromatic carbocycles. The first-order valence-electron chi connectivity index (χ1n) is 12.9. The van der Waals surface area contributed by atoms with Gasteiger partial charge in [0.05, 0.1) is 28.5 Å². The van der Waals surface area contributed by atoms with E-state index < -0.39 is 0 Å². The highest BCUT2D eigenvalue weighted by Crippen LogP contribution is 2.55. The van der Waals surface area contributed by atoms with E-state index in [0.717, 1.165) is 83.4 Å². The van der Waals surface area contributed by atoms with Crippen molar-refractivity contribution in [3.63, 3.8) is 0 Å². The highest BCUT2D eigenvalue weighted by atomic mass is 32.2. The standard InChI is InChI=1S/C28H32N6OS/c1-32-13-19-15-34(16-20(19)14-32)26-23(31-36-3)10-18(11-30-26)17-5-6-22-21(9-17)25-24(12-29-22)33(2)27(35)28(25)7-4-8-28/h5-6,9-12,19-20,31H,4,7-8,13-16H2,1-3H3. The molecule has 2 atom stereocenters. The molecule has 7 nitrogen and oxygen atoms in total. The molecule has 3 fully saturated rings. The molecule has 36 heavy (non-hydrogen) atoms. The van der Waals surface area contributed by atoms with Crippen molar-refractivity contribution < 1.29 is 4.79 Å². The quantitative estimate of drug-likeness (QED) is 0.533. The Morgan fingerprint density at radius 3 is 2.47 bits per heavy atom. The summed E-state index contributed by atoms with van der Waals surface area (Å²) in [5.74, 6) is 2.73. The second-order valence-corrected chi connectivity index (χ2v) is 11.7. The molecule has 0 radical (unpaired) electrons. The Labute approximate surface area is 216 Å². The van der Waals surface area contributed by atoms with Gasteiger partial charge in [-0.15, -0.1) is 0 Å². The summed E-state index contributed by atoms with van der Waals surface area (Å²) < 4.78 is 3.50. The van der Waals surface area contributed by atoms with Crippen LogP contribution in [0.25, 0.3) is 22.0 Å².